The molecule has 3 rings (SSSR count). The van der Waals surface area contributed by atoms with Crippen LogP contribution in [-0.2, 0) is 17.9 Å². The summed E-state index contributed by atoms with van der Waals surface area (Å²) in [5.74, 6) is 0.288. The van der Waals surface area contributed by atoms with Gasteiger partial charge in [0.05, 0.1) is 5.03 Å². The molecule has 0 atom stereocenters. The number of H-pyrrole nitrogens is 1. The van der Waals surface area contributed by atoms with Crippen molar-refractivity contribution in [3.05, 3.63) is 68.9 Å². The van der Waals surface area contributed by atoms with Crippen LogP contribution in [0.3, 0.4) is 0 Å². The van der Waals surface area contributed by atoms with Gasteiger partial charge in [0, 0.05) is 17.1 Å². The Hall–Kier alpha value is -2.31. The molecule has 1 N–H and O–H groups in total. The van der Waals surface area contributed by atoms with Gasteiger partial charge in [-0.15, -0.1) is 0 Å². The lowest BCUT2D eigenvalue weighted by atomic mass is 10.1. The van der Waals surface area contributed by atoms with Crippen molar-refractivity contribution >= 4 is 22.5 Å². The summed E-state index contributed by atoms with van der Waals surface area (Å²) >= 11 is 1.45. The van der Waals surface area contributed by atoms with Crippen molar-refractivity contribution in [2.24, 2.45) is 5.92 Å². The first-order valence-electron chi connectivity index (χ1n) is 9.10. The van der Waals surface area contributed by atoms with Crippen LogP contribution in [0.5, 0.6) is 0 Å². The Kier molecular flexibility index (Phi) is 6.19. The number of ether oxygens (including phenoxy) is 1. The third-order valence-corrected chi connectivity index (χ3v) is 5.47. The maximum absolute atomic E-state index is 12.6. The smallest absolute Gasteiger partial charge is 0.331 e. The molecule has 6 heteroatoms. The van der Waals surface area contributed by atoms with Gasteiger partial charge < -0.3 is 4.74 Å². The van der Waals surface area contributed by atoms with E-state index in [0.29, 0.717) is 23.6 Å². The highest BCUT2D eigenvalue weighted by Gasteiger charge is 2.18. The number of nitrogens with one attached hydrogen (secondary N) is 1. The number of fused-ring (bicyclic) bond motifs is 1. The number of hydrogen-bond acceptors (Lipinski definition) is 4. The van der Waals surface area contributed by atoms with Gasteiger partial charge in [0.1, 0.15) is 6.73 Å². The molecular weight excluding hydrogens is 360 g/mol. The quantitative estimate of drug-likeness (QED) is 0.625. The van der Waals surface area contributed by atoms with E-state index in [1.165, 1.54) is 16.3 Å². The molecule has 0 bridgehead atoms. The lowest BCUT2D eigenvalue weighted by Gasteiger charge is -2.17. The molecule has 5 nitrogen and oxygen atoms in total. The van der Waals surface area contributed by atoms with E-state index in [4.69, 9.17) is 4.74 Å². The number of aromatic nitrogens is 2. The van der Waals surface area contributed by atoms with Crippen molar-refractivity contribution in [1.29, 1.82) is 0 Å². The van der Waals surface area contributed by atoms with Crippen LogP contribution in [-0.4, -0.2) is 16.2 Å². The largest absolute Gasteiger partial charge is 0.361 e. The number of aromatic amines is 1. The van der Waals surface area contributed by atoms with Crippen molar-refractivity contribution in [3.8, 4) is 0 Å². The maximum Gasteiger partial charge on any atom is 0.331 e. The lowest BCUT2D eigenvalue weighted by Crippen LogP contribution is -2.35. The summed E-state index contributed by atoms with van der Waals surface area (Å²) < 4.78 is 7.02. The molecule has 0 aliphatic carbocycles. The van der Waals surface area contributed by atoms with E-state index in [-0.39, 0.29) is 18.2 Å². The van der Waals surface area contributed by atoms with E-state index in [1.54, 1.807) is 0 Å². The molecule has 0 saturated heterocycles. The van der Waals surface area contributed by atoms with Crippen LogP contribution in [0.1, 0.15) is 26.3 Å². The fraction of sp³-hybridized carbons (Fsp3) is 0.333. The minimum absolute atomic E-state index is 0.115. The second-order valence-electron chi connectivity index (χ2n) is 6.77. The highest BCUT2D eigenvalue weighted by Crippen LogP contribution is 2.34. The highest BCUT2D eigenvalue weighted by atomic mass is 32.2. The molecule has 142 valence electrons. The van der Waals surface area contributed by atoms with E-state index in [0.717, 1.165) is 15.7 Å². The molecule has 0 fully saturated rings. The van der Waals surface area contributed by atoms with Crippen molar-refractivity contribution in [3.63, 3.8) is 0 Å². The van der Waals surface area contributed by atoms with E-state index in [1.807, 2.05) is 31.2 Å². The SMILES string of the molecule is CCOCn1c(Sc2cccc3ccccc23)c(CC(C)C)c(=O)[nH]c1=O. The fourth-order valence-corrected chi connectivity index (χ4v) is 4.18. The molecule has 1 heterocycles. The molecule has 0 aliphatic rings. The standard InChI is InChI=1S/C21H24N2O3S/c1-4-26-13-23-20(17(12-14(2)3)19(24)22-21(23)25)27-18-11-7-9-15-8-5-6-10-16(15)18/h5-11,14H,4,12-13H2,1-3H3,(H,22,24,25). The Bertz CT molecular complexity index is 1050. The molecule has 3 aromatic rings. The molecule has 0 radical (unpaired) electrons. The number of nitrogens with zero attached hydrogens (tertiary/aromatic N) is 1. The Morgan fingerprint density at radius 1 is 1.11 bits per heavy atom. The van der Waals surface area contributed by atoms with E-state index in [9.17, 15) is 9.59 Å². The average Bonchev–Trinajstić information content (AvgIpc) is 2.64. The predicted octanol–water partition coefficient (Wildman–Crippen LogP) is 4.03. The molecule has 0 aliphatic heterocycles. The minimum atomic E-state index is -0.441. The molecule has 2 aromatic carbocycles. The second kappa shape index (κ2) is 8.59. The van der Waals surface area contributed by atoms with Gasteiger partial charge in [0.25, 0.3) is 5.56 Å². The summed E-state index contributed by atoms with van der Waals surface area (Å²) in [6, 6.07) is 14.2. The summed E-state index contributed by atoms with van der Waals surface area (Å²) in [4.78, 5) is 28.5. The van der Waals surface area contributed by atoms with E-state index >= 15 is 0 Å². The topological polar surface area (TPSA) is 64.1 Å². The third kappa shape index (κ3) is 4.34. The number of rotatable bonds is 7. The first-order valence-corrected chi connectivity index (χ1v) is 9.92. The molecule has 1 aromatic heterocycles. The molecule has 0 unspecified atom stereocenters. The summed E-state index contributed by atoms with van der Waals surface area (Å²) in [6.07, 6.45) is 0.592. The van der Waals surface area contributed by atoms with Crippen molar-refractivity contribution in [2.45, 2.75) is 43.8 Å². The van der Waals surface area contributed by atoms with Crippen molar-refractivity contribution in [1.82, 2.24) is 9.55 Å². The Balaban J connectivity index is 2.19. The second-order valence-corrected chi connectivity index (χ2v) is 7.80. The van der Waals surface area contributed by atoms with Gasteiger partial charge in [0.15, 0.2) is 0 Å². The van der Waals surface area contributed by atoms with Crippen LogP contribution in [0.25, 0.3) is 10.8 Å². The Morgan fingerprint density at radius 3 is 2.59 bits per heavy atom. The van der Waals surface area contributed by atoms with Gasteiger partial charge >= 0.3 is 5.69 Å². The van der Waals surface area contributed by atoms with Crippen LogP contribution in [0.2, 0.25) is 0 Å². The maximum atomic E-state index is 12.6. The number of hydrogen-bond donors (Lipinski definition) is 1. The summed E-state index contributed by atoms with van der Waals surface area (Å²) in [6.45, 7) is 6.60. The van der Waals surface area contributed by atoms with Crippen LogP contribution in [0.4, 0.5) is 0 Å². The third-order valence-electron chi connectivity index (χ3n) is 4.24. The van der Waals surface area contributed by atoms with Gasteiger partial charge in [0.2, 0.25) is 0 Å². The first-order chi connectivity index (χ1) is 13.0. The molecule has 27 heavy (non-hydrogen) atoms. The summed E-state index contributed by atoms with van der Waals surface area (Å²) in [5, 5.41) is 2.87. The van der Waals surface area contributed by atoms with Crippen molar-refractivity contribution < 1.29 is 4.74 Å². The highest BCUT2D eigenvalue weighted by molar-refractivity contribution is 7.99. The Morgan fingerprint density at radius 2 is 1.85 bits per heavy atom. The van der Waals surface area contributed by atoms with E-state index in [2.05, 4.69) is 37.0 Å². The lowest BCUT2D eigenvalue weighted by molar-refractivity contribution is 0.0778. The van der Waals surface area contributed by atoms with Gasteiger partial charge in [-0.05, 0) is 36.1 Å². The van der Waals surface area contributed by atoms with Gasteiger partial charge in [-0.1, -0.05) is 62.0 Å². The zero-order valence-corrected chi connectivity index (χ0v) is 16.6. The zero-order chi connectivity index (χ0) is 19.4. The monoisotopic (exact) mass is 384 g/mol. The van der Waals surface area contributed by atoms with Crippen molar-refractivity contribution in [2.75, 3.05) is 6.61 Å². The normalized spacial score (nSPS) is 11.4. The Labute approximate surface area is 162 Å². The van der Waals surface area contributed by atoms with Crippen LogP contribution >= 0.6 is 11.8 Å². The van der Waals surface area contributed by atoms with Crippen LogP contribution in [0, 0.1) is 5.92 Å². The van der Waals surface area contributed by atoms with Gasteiger partial charge in [-0.2, -0.15) is 0 Å². The zero-order valence-electron chi connectivity index (χ0n) is 15.8. The van der Waals surface area contributed by atoms with Crippen LogP contribution < -0.4 is 11.2 Å². The first kappa shape index (κ1) is 19.5. The summed E-state index contributed by atoms with van der Waals surface area (Å²) in [7, 11) is 0. The minimum Gasteiger partial charge on any atom is -0.361 e. The van der Waals surface area contributed by atoms with Gasteiger partial charge in [-0.3, -0.25) is 14.3 Å². The molecular formula is C21H24N2O3S. The van der Waals surface area contributed by atoms with Crippen LogP contribution in [0.15, 0.2) is 62.0 Å². The molecule has 0 spiro atoms. The molecule has 0 amide bonds. The predicted molar refractivity (Wildman–Crippen MR) is 110 cm³/mol. The average molecular weight is 385 g/mol. The fourth-order valence-electron chi connectivity index (χ4n) is 2.99. The van der Waals surface area contributed by atoms with Gasteiger partial charge in [-0.25, -0.2) is 4.79 Å². The van der Waals surface area contributed by atoms with E-state index < -0.39 is 5.69 Å². The summed E-state index contributed by atoms with van der Waals surface area (Å²) in [5.41, 5.74) is -0.130. The molecule has 0 saturated carbocycles. The number of benzene rings is 2.